The molecule has 1 amide bonds. The van der Waals surface area contributed by atoms with Gasteiger partial charge >= 0.3 is 0 Å². The number of allylic oxidation sites excluding steroid dienone is 1. The maximum atomic E-state index is 12.0. The molecule has 1 N–H and O–H groups in total. The number of hydrogen-bond donors (Lipinski definition) is 1. The molecule has 1 aromatic carbocycles. The summed E-state index contributed by atoms with van der Waals surface area (Å²) in [5.41, 5.74) is 1.48. The van der Waals surface area contributed by atoms with Crippen LogP contribution in [0, 0.1) is 5.92 Å². The van der Waals surface area contributed by atoms with Gasteiger partial charge in [0, 0.05) is 23.5 Å². The molecule has 3 nitrogen and oxygen atoms in total. The van der Waals surface area contributed by atoms with Gasteiger partial charge in [0.05, 0.1) is 5.92 Å². The molecule has 2 aromatic rings. The van der Waals surface area contributed by atoms with E-state index in [1.807, 2.05) is 31.2 Å². The maximum Gasteiger partial charge on any atom is 0.231 e. The molecule has 3 heteroatoms. The fraction of sp³-hybridized carbons (Fsp3) is 0.125. The van der Waals surface area contributed by atoms with Crippen molar-refractivity contribution in [2.75, 3.05) is 5.32 Å². The van der Waals surface area contributed by atoms with Crippen LogP contribution in [0.3, 0.4) is 0 Å². The minimum Gasteiger partial charge on any atom is -0.326 e. The van der Waals surface area contributed by atoms with Crippen molar-refractivity contribution in [2.24, 2.45) is 5.92 Å². The molecule has 0 spiro atoms. The van der Waals surface area contributed by atoms with Gasteiger partial charge in [-0.05, 0) is 36.1 Å². The van der Waals surface area contributed by atoms with Crippen molar-refractivity contribution in [3.63, 3.8) is 0 Å². The standard InChI is InChI=1S/C16H16N2O/c1-4-11(2)12(3)16(19)18-15-6-5-14-10-17-8-7-13(14)9-15/h4-10,12H,1-2H2,3H3,(H,18,19). The average molecular weight is 252 g/mol. The third kappa shape index (κ3) is 2.88. The summed E-state index contributed by atoms with van der Waals surface area (Å²) in [6.45, 7) is 9.23. The van der Waals surface area contributed by atoms with Gasteiger partial charge in [-0.2, -0.15) is 0 Å². The number of carbonyl (C=O) groups excluding carboxylic acids is 1. The predicted molar refractivity (Wildman–Crippen MR) is 78.9 cm³/mol. The van der Waals surface area contributed by atoms with E-state index in [1.165, 1.54) is 0 Å². The first-order valence-corrected chi connectivity index (χ1v) is 6.07. The van der Waals surface area contributed by atoms with Gasteiger partial charge in [-0.1, -0.05) is 25.3 Å². The molecular formula is C16H16N2O. The van der Waals surface area contributed by atoms with Gasteiger partial charge in [-0.15, -0.1) is 0 Å². The molecule has 0 radical (unpaired) electrons. The zero-order valence-corrected chi connectivity index (χ0v) is 10.9. The number of anilines is 1. The van der Waals surface area contributed by atoms with E-state index in [-0.39, 0.29) is 11.8 Å². The highest BCUT2D eigenvalue weighted by Gasteiger charge is 2.14. The summed E-state index contributed by atoms with van der Waals surface area (Å²) in [5, 5.41) is 4.97. The van der Waals surface area contributed by atoms with Crippen molar-refractivity contribution in [3.8, 4) is 0 Å². The number of pyridine rings is 1. The zero-order valence-electron chi connectivity index (χ0n) is 10.9. The normalized spacial score (nSPS) is 11.8. The molecule has 1 heterocycles. The topological polar surface area (TPSA) is 42.0 Å². The molecule has 0 fully saturated rings. The highest BCUT2D eigenvalue weighted by atomic mass is 16.1. The van der Waals surface area contributed by atoms with E-state index in [2.05, 4.69) is 23.5 Å². The Bertz CT molecular complexity index is 646. The molecule has 0 aliphatic carbocycles. The SMILES string of the molecule is C=CC(=C)C(C)C(=O)Nc1ccc2cnccc2c1. The van der Waals surface area contributed by atoms with Crippen LogP contribution in [0.4, 0.5) is 5.69 Å². The van der Waals surface area contributed by atoms with Crippen molar-refractivity contribution in [2.45, 2.75) is 6.92 Å². The molecular weight excluding hydrogens is 236 g/mol. The Kier molecular flexibility index (Phi) is 3.76. The number of carbonyl (C=O) groups is 1. The van der Waals surface area contributed by atoms with E-state index in [1.54, 1.807) is 18.5 Å². The number of nitrogens with one attached hydrogen (secondary N) is 1. The number of aromatic nitrogens is 1. The van der Waals surface area contributed by atoms with Gasteiger partial charge in [0.2, 0.25) is 5.91 Å². The van der Waals surface area contributed by atoms with Crippen molar-refractivity contribution >= 4 is 22.4 Å². The van der Waals surface area contributed by atoms with Crippen molar-refractivity contribution < 1.29 is 4.79 Å². The molecule has 0 bridgehead atoms. The van der Waals surface area contributed by atoms with E-state index < -0.39 is 0 Å². The lowest BCUT2D eigenvalue weighted by Gasteiger charge is -2.12. The van der Waals surface area contributed by atoms with Crippen LogP contribution in [0.2, 0.25) is 0 Å². The summed E-state index contributed by atoms with van der Waals surface area (Å²) in [5.74, 6) is -0.371. The van der Waals surface area contributed by atoms with E-state index in [4.69, 9.17) is 0 Å². The van der Waals surface area contributed by atoms with Crippen LogP contribution in [0.25, 0.3) is 10.8 Å². The molecule has 0 saturated heterocycles. The third-order valence-corrected chi connectivity index (χ3v) is 3.12. The highest BCUT2D eigenvalue weighted by molar-refractivity contribution is 5.96. The maximum absolute atomic E-state index is 12.0. The minimum atomic E-state index is -0.286. The summed E-state index contributed by atoms with van der Waals surface area (Å²) < 4.78 is 0. The lowest BCUT2D eigenvalue weighted by atomic mass is 10.0. The monoisotopic (exact) mass is 252 g/mol. The lowest BCUT2D eigenvalue weighted by molar-refractivity contribution is -0.118. The second-order valence-corrected chi connectivity index (χ2v) is 4.43. The summed E-state index contributed by atoms with van der Waals surface area (Å²) in [6.07, 6.45) is 5.13. The molecule has 1 atom stereocenters. The summed E-state index contributed by atoms with van der Waals surface area (Å²) in [7, 11) is 0. The molecule has 0 aliphatic heterocycles. The van der Waals surface area contributed by atoms with Gasteiger partial charge in [0.25, 0.3) is 0 Å². The van der Waals surface area contributed by atoms with Crippen molar-refractivity contribution in [1.29, 1.82) is 0 Å². The Morgan fingerprint density at radius 2 is 2.16 bits per heavy atom. The third-order valence-electron chi connectivity index (χ3n) is 3.12. The first-order chi connectivity index (χ1) is 9.11. The first kappa shape index (κ1) is 13.0. The number of nitrogens with zero attached hydrogens (tertiary/aromatic N) is 1. The van der Waals surface area contributed by atoms with Gasteiger partial charge < -0.3 is 5.32 Å². The van der Waals surface area contributed by atoms with Crippen LogP contribution in [-0.2, 0) is 4.79 Å². The number of hydrogen-bond acceptors (Lipinski definition) is 2. The Balaban J connectivity index is 2.19. The van der Waals surface area contributed by atoms with E-state index in [0.29, 0.717) is 5.57 Å². The van der Waals surface area contributed by atoms with Gasteiger partial charge in [0.1, 0.15) is 0 Å². The molecule has 96 valence electrons. The number of fused-ring (bicyclic) bond motifs is 1. The zero-order chi connectivity index (χ0) is 13.8. The highest BCUT2D eigenvalue weighted by Crippen LogP contribution is 2.19. The van der Waals surface area contributed by atoms with Crippen LogP contribution in [-0.4, -0.2) is 10.9 Å². The number of amides is 1. The minimum absolute atomic E-state index is 0.0849. The Labute approximate surface area is 112 Å². The summed E-state index contributed by atoms with van der Waals surface area (Å²) in [6, 6.07) is 7.64. The predicted octanol–water partition coefficient (Wildman–Crippen LogP) is 3.55. The van der Waals surface area contributed by atoms with E-state index >= 15 is 0 Å². The van der Waals surface area contributed by atoms with Crippen LogP contribution in [0.1, 0.15) is 6.92 Å². The molecule has 1 unspecified atom stereocenters. The molecule has 2 rings (SSSR count). The van der Waals surface area contributed by atoms with E-state index in [9.17, 15) is 4.79 Å². The van der Waals surface area contributed by atoms with Gasteiger partial charge in [-0.3, -0.25) is 9.78 Å². The van der Waals surface area contributed by atoms with Crippen molar-refractivity contribution in [3.05, 3.63) is 61.5 Å². The van der Waals surface area contributed by atoms with Crippen LogP contribution < -0.4 is 5.32 Å². The lowest BCUT2D eigenvalue weighted by Crippen LogP contribution is -2.21. The summed E-state index contributed by atoms with van der Waals surface area (Å²) in [4.78, 5) is 16.1. The molecule has 1 aromatic heterocycles. The van der Waals surface area contributed by atoms with E-state index in [0.717, 1.165) is 16.5 Å². The first-order valence-electron chi connectivity index (χ1n) is 6.07. The van der Waals surface area contributed by atoms with Crippen LogP contribution >= 0.6 is 0 Å². The van der Waals surface area contributed by atoms with Crippen LogP contribution in [0.15, 0.2) is 61.5 Å². The summed E-state index contributed by atoms with van der Waals surface area (Å²) >= 11 is 0. The molecule has 0 aliphatic rings. The average Bonchev–Trinajstić information content (AvgIpc) is 2.45. The smallest absolute Gasteiger partial charge is 0.231 e. The number of rotatable bonds is 4. The second-order valence-electron chi connectivity index (χ2n) is 4.43. The Morgan fingerprint density at radius 1 is 1.37 bits per heavy atom. The van der Waals surface area contributed by atoms with Crippen LogP contribution in [0.5, 0.6) is 0 Å². The van der Waals surface area contributed by atoms with Gasteiger partial charge in [0.15, 0.2) is 0 Å². The fourth-order valence-electron chi connectivity index (χ4n) is 1.76. The van der Waals surface area contributed by atoms with Gasteiger partial charge in [-0.25, -0.2) is 0 Å². The molecule has 19 heavy (non-hydrogen) atoms. The Hall–Kier alpha value is -2.42. The number of benzene rings is 1. The quantitative estimate of drug-likeness (QED) is 0.845. The Morgan fingerprint density at radius 3 is 2.89 bits per heavy atom. The fourth-order valence-corrected chi connectivity index (χ4v) is 1.76. The largest absolute Gasteiger partial charge is 0.326 e. The van der Waals surface area contributed by atoms with Crippen molar-refractivity contribution in [1.82, 2.24) is 4.98 Å². The molecule has 0 saturated carbocycles. The second kappa shape index (κ2) is 5.48.